The average molecular weight is 502 g/mol. The van der Waals surface area contributed by atoms with Crippen LogP contribution < -0.4 is 0 Å². The molecule has 196 valence electrons. The Labute approximate surface area is 220 Å². The molecule has 6 heteroatoms. The number of hydrogen-bond acceptors (Lipinski definition) is 3. The van der Waals surface area contributed by atoms with Crippen LogP contribution in [0.25, 0.3) is 0 Å². The van der Waals surface area contributed by atoms with Gasteiger partial charge in [-0.05, 0) is 42.5 Å². The lowest BCUT2D eigenvalue weighted by molar-refractivity contribution is -0.143. The van der Waals surface area contributed by atoms with Crippen LogP contribution in [-0.4, -0.2) is 53.0 Å². The zero-order valence-corrected chi connectivity index (χ0v) is 21.9. The van der Waals surface area contributed by atoms with Crippen molar-refractivity contribution in [3.63, 3.8) is 0 Å². The highest BCUT2D eigenvalue weighted by Crippen LogP contribution is 2.27. The van der Waals surface area contributed by atoms with Gasteiger partial charge >= 0.3 is 0 Å². The van der Waals surface area contributed by atoms with Crippen LogP contribution in [0.3, 0.4) is 0 Å². The third-order valence-corrected chi connectivity index (χ3v) is 7.16. The summed E-state index contributed by atoms with van der Waals surface area (Å²) in [6.45, 7) is 2.95. The van der Waals surface area contributed by atoms with E-state index < -0.39 is 0 Å². The fourth-order valence-electron chi connectivity index (χ4n) is 5.12. The van der Waals surface area contributed by atoms with Gasteiger partial charge in [0.05, 0.1) is 13.1 Å². The first-order valence-electron chi connectivity index (χ1n) is 13.4. The van der Waals surface area contributed by atoms with Gasteiger partial charge in [0.15, 0.2) is 0 Å². The van der Waals surface area contributed by atoms with E-state index >= 15 is 0 Å². The molecule has 0 spiro atoms. The largest absolute Gasteiger partial charge is 0.385 e. The molecular weight excluding hydrogens is 462 g/mol. The van der Waals surface area contributed by atoms with Gasteiger partial charge in [0.25, 0.3) is 0 Å². The van der Waals surface area contributed by atoms with Crippen LogP contribution in [0.15, 0.2) is 79.0 Å². The number of ether oxygens (including phenoxy) is 1. The Bertz CT molecular complexity index is 1110. The highest BCUT2D eigenvalue weighted by atomic mass is 16.5. The van der Waals surface area contributed by atoms with E-state index in [1.54, 1.807) is 12.0 Å². The zero-order valence-electron chi connectivity index (χ0n) is 21.9. The average Bonchev–Trinajstić information content (AvgIpc) is 3.61. The first-order chi connectivity index (χ1) is 18.1. The molecule has 0 aliphatic heterocycles. The van der Waals surface area contributed by atoms with Crippen molar-refractivity contribution in [2.75, 3.05) is 26.8 Å². The van der Waals surface area contributed by atoms with Crippen molar-refractivity contribution in [2.24, 2.45) is 5.92 Å². The van der Waals surface area contributed by atoms with Crippen LogP contribution in [0.1, 0.15) is 48.9 Å². The minimum Gasteiger partial charge on any atom is -0.385 e. The molecule has 4 rings (SSSR count). The van der Waals surface area contributed by atoms with Gasteiger partial charge in [0.1, 0.15) is 0 Å². The van der Waals surface area contributed by atoms with Gasteiger partial charge in [-0.25, -0.2) is 0 Å². The van der Waals surface area contributed by atoms with Gasteiger partial charge in [-0.3, -0.25) is 9.59 Å². The van der Waals surface area contributed by atoms with Gasteiger partial charge in [-0.15, -0.1) is 0 Å². The van der Waals surface area contributed by atoms with Crippen LogP contribution in [0.5, 0.6) is 0 Å². The smallest absolute Gasteiger partial charge is 0.242 e. The number of rotatable bonds is 13. The summed E-state index contributed by atoms with van der Waals surface area (Å²) in [5.41, 5.74) is 3.36. The van der Waals surface area contributed by atoms with Crippen molar-refractivity contribution in [3.05, 3.63) is 95.8 Å². The molecule has 37 heavy (non-hydrogen) atoms. The van der Waals surface area contributed by atoms with Crippen LogP contribution in [0.2, 0.25) is 0 Å². The van der Waals surface area contributed by atoms with E-state index in [2.05, 4.69) is 29.0 Å². The molecular formula is C31H39N3O3. The Hall–Kier alpha value is -3.38. The molecule has 3 aromatic rings. The minimum absolute atomic E-state index is 0.0277. The molecule has 1 fully saturated rings. The number of benzene rings is 2. The van der Waals surface area contributed by atoms with Gasteiger partial charge in [-0.2, -0.15) is 0 Å². The zero-order chi connectivity index (χ0) is 25.9. The lowest BCUT2D eigenvalue weighted by Crippen LogP contribution is -2.45. The Morgan fingerprint density at radius 1 is 0.865 bits per heavy atom. The van der Waals surface area contributed by atoms with Crippen LogP contribution >= 0.6 is 0 Å². The highest BCUT2D eigenvalue weighted by molar-refractivity contribution is 5.86. The maximum atomic E-state index is 13.8. The van der Waals surface area contributed by atoms with E-state index in [0.717, 1.165) is 49.9 Å². The maximum absolute atomic E-state index is 13.8. The lowest BCUT2D eigenvalue weighted by atomic mass is 10.1. The molecule has 0 radical (unpaired) electrons. The fraction of sp³-hybridized carbons (Fsp3) is 0.419. The van der Waals surface area contributed by atoms with Crippen molar-refractivity contribution in [1.82, 2.24) is 14.4 Å². The SMILES string of the molecule is COCCCN(CC(=O)N(Cc1ccccc1)Cc1cccn1Cc1ccccc1)C(=O)C1CCCC1. The summed E-state index contributed by atoms with van der Waals surface area (Å²) in [4.78, 5) is 30.8. The summed E-state index contributed by atoms with van der Waals surface area (Å²) < 4.78 is 7.42. The molecule has 2 aromatic carbocycles. The number of hydrogen-bond donors (Lipinski definition) is 0. The maximum Gasteiger partial charge on any atom is 0.242 e. The van der Waals surface area contributed by atoms with Gasteiger partial charge in [0.2, 0.25) is 11.8 Å². The molecule has 0 bridgehead atoms. The summed E-state index contributed by atoms with van der Waals surface area (Å²) in [5.74, 6) is 0.134. The standard InChI is InChI=1S/C31H39N3O3/c1-37-21-11-20-33(31(36)28-16-8-9-17-28)25-30(35)34(23-27-14-6-3-7-15-27)24-29-18-10-19-32(29)22-26-12-4-2-5-13-26/h2-7,10,12-15,18-19,28H,8-9,11,16-17,20-25H2,1H3. The highest BCUT2D eigenvalue weighted by Gasteiger charge is 2.29. The quantitative estimate of drug-likeness (QED) is 0.306. The lowest BCUT2D eigenvalue weighted by Gasteiger charge is -2.30. The number of nitrogens with zero attached hydrogens (tertiary/aromatic N) is 3. The van der Waals surface area contributed by atoms with Crippen molar-refractivity contribution >= 4 is 11.8 Å². The van der Waals surface area contributed by atoms with Crippen LogP contribution in [0.4, 0.5) is 0 Å². The van der Waals surface area contributed by atoms with E-state index in [0.29, 0.717) is 26.2 Å². The molecule has 0 N–H and O–H groups in total. The molecule has 1 aliphatic rings. The molecule has 0 unspecified atom stereocenters. The third-order valence-electron chi connectivity index (χ3n) is 7.16. The van der Waals surface area contributed by atoms with E-state index in [9.17, 15) is 9.59 Å². The molecule has 6 nitrogen and oxygen atoms in total. The number of carbonyl (C=O) groups is 2. The van der Waals surface area contributed by atoms with Gasteiger partial charge in [0, 0.05) is 51.2 Å². The van der Waals surface area contributed by atoms with Crippen LogP contribution in [-0.2, 0) is 34.0 Å². The molecule has 0 atom stereocenters. The van der Waals surface area contributed by atoms with Crippen molar-refractivity contribution in [2.45, 2.75) is 51.7 Å². The van der Waals surface area contributed by atoms with Crippen molar-refractivity contribution in [1.29, 1.82) is 0 Å². The van der Waals surface area contributed by atoms with Crippen molar-refractivity contribution in [3.8, 4) is 0 Å². The minimum atomic E-state index is -0.0277. The fourth-order valence-corrected chi connectivity index (χ4v) is 5.12. The molecule has 1 aliphatic carbocycles. The Morgan fingerprint density at radius 2 is 1.54 bits per heavy atom. The topological polar surface area (TPSA) is 54.8 Å². The second-order valence-electron chi connectivity index (χ2n) is 9.94. The normalized spacial score (nSPS) is 13.5. The summed E-state index contributed by atoms with van der Waals surface area (Å²) in [6.07, 6.45) is 6.82. The second-order valence-corrected chi connectivity index (χ2v) is 9.94. The molecule has 1 aromatic heterocycles. The number of methoxy groups -OCH3 is 1. The summed E-state index contributed by atoms with van der Waals surface area (Å²) in [6, 6.07) is 24.5. The summed E-state index contributed by atoms with van der Waals surface area (Å²) in [5, 5.41) is 0. The van der Waals surface area contributed by atoms with E-state index in [1.807, 2.05) is 59.5 Å². The second kappa shape index (κ2) is 13.8. The molecule has 1 saturated carbocycles. The molecule has 1 heterocycles. The first-order valence-corrected chi connectivity index (χ1v) is 13.4. The first kappa shape index (κ1) is 26.7. The number of aromatic nitrogens is 1. The monoisotopic (exact) mass is 501 g/mol. The Balaban J connectivity index is 1.52. The van der Waals surface area contributed by atoms with Crippen LogP contribution in [0, 0.1) is 5.92 Å². The Kier molecular flexibility index (Phi) is 9.95. The predicted molar refractivity (Wildman–Crippen MR) is 146 cm³/mol. The van der Waals surface area contributed by atoms with E-state index in [1.165, 1.54) is 5.56 Å². The number of amides is 2. The van der Waals surface area contributed by atoms with E-state index in [-0.39, 0.29) is 24.3 Å². The van der Waals surface area contributed by atoms with Crippen molar-refractivity contribution < 1.29 is 14.3 Å². The summed E-state index contributed by atoms with van der Waals surface area (Å²) >= 11 is 0. The molecule has 2 amide bonds. The predicted octanol–water partition coefficient (Wildman–Crippen LogP) is 5.12. The van der Waals surface area contributed by atoms with Gasteiger partial charge in [-0.1, -0.05) is 73.5 Å². The summed E-state index contributed by atoms with van der Waals surface area (Å²) in [7, 11) is 1.67. The van der Waals surface area contributed by atoms with Gasteiger partial charge < -0.3 is 19.1 Å². The third kappa shape index (κ3) is 7.80. The Morgan fingerprint density at radius 3 is 2.22 bits per heavy atom. The number of carbonyl (C=O) groups excluding carboxylic acids is 2. The van der Waals surface area contributed by atoms with E-state index in [4.69, 9.17) is 4.74 Å². The molecule has 0 saturated heterocycles.